The Bertz CT molecular complexity index is 1900. The molecule has 15 heteroatoms. The van der Waals surface area contributed by atoms with Crippen LogP contribution in [0, 0.1) is 5.82 Å². The van der Waals surface area contributed by atoms with Crippen molar-refractivity contribution in [2.75, 3.05) is 19.8 Å². The minimum absolute atomic E-state index is 0.0184. The summed E-state index contributed by atoms with van der Waals surface area (Å²) in [6, 6.07) is 9.72. The van der Waals surface area contributed by atoms with Crippen LogP contribution in [0.3, 0.4) is 0 Å². The molecule has 1 aliphatic rings. The molecule has 0 fully saturated rings. The number of hydrogen-bond donors (Lipinski definition) is 4. The number of hydrogen-bond acceptors (Lipinski definition) is 8. The summed E-state index contributed by atoms with van der Waals surface area (Å²) in [5.74, 6) is -3.46. The Hall–Kier alpha value is -5.31. The van der Waals surface area contributed by atoms with Crippen molar-refractivity contribution in [1.82, 2.24) is 15.3 Å². The van der Waals surface area contributed by atoms with E-state index in [0.717, 1.165) is 23.8 Å². The number of amides is 3. The normalized spacial score (nSPS) is 17.0. The number of ether oxygens (including phenoxy) is 2. The van der Waals surface area contributed by atoms with Crippen LogP contribution in [-0.2, 0) is 27.0 Å². The highest BCUT2D eigenvalue weighted by Crippen LogP contribution is 2.47. The van der Waals surface area contributed by atoms with Crippen LogP contribution in [-0.4, -0.2) is 58.7 Å². The lowest BCUT2D eigenvalue weighted by atomic mass is 9.81. The highest BCUT2D eigenvalue weighted by atomic mass is 19.4. The van der Waals surface area contributed by atoms with Gasteiger partial charge in [0.1, 0.15) is 40.5 Å². The number of alkyl halides is 3. The number of aliphatic hydroxyl groups is 1. The van der Waals surface area contributed by atoms with Gasteiger partial charge in [-0.15, -0.1) is 0 Å². The molecule has 47 heavy (non-hydrogen) atoms. The number of fused-ring (bicyclic) bond motifs is 2. The molecule has 0 saturated carbocycles. The Morgan fingerprint density at radius 1 is 1.11 bits per heavy atom. The number of primary amides is 2. The maximum absolute atomic E-state index is 14.8. The van der Waals surface area contributed by atoms with Crippen LogP contribution < -0.4 is 26.3 Å². The average Bonchev–Trinajstić information content (AvgIpc) is 3.38. The van der Waals surface area contributed by atoms with Gasteiger partial charge in [-0.3, -0.25) is 19.4 Å². The molecular formula is C32H29F4N5O6. The first-order valence-electron chi connectivity index (χ1n) is 14.2. The summed E-state index contributed by atoms with van der Waals surface area (Å²) >= 11 is 0. The number of pyridine rings is 2. The fraction of sp³-hybridized carbons (Fsp3) is 0.281. The van der Waals surface area contributed by atoms with Gasteiger partial charge < -0.3 is 31.4 Å². The van der Waals surface area contributed by atoms with Crippen LogP contribution >= 0.6 is 0 Å². The predicted molar refractivity (Wildman–Crippen MR) is 160 cm³/mol. The standard InChI is InChI=1S/C32H29F4N5O6/c1-3-16-8-18-9-19(10-22(25(18)39-12-16)46-13-24(37)42)28(43)40-14-31(45,32(34,35)36)23-11-21-27(47-15-30(21,2)29(38)44)26(41-23)17-4-6-20(33)7-5-17/h4-12,45H,3,13-15H2,1-2H3,(H2,37,42)(H2,38,44)(H,40,43)/t30-,31?/m0/s1. The lowest BCUT2D eigenvalue weighted by Crippen LogP contribution is -2.51. The lowest BCUT2D eigenvalue weighted by molar-refractivity contribution is -0.265. The van der Waals surface area contributed by atoms with Gasteiger partial charge >= 0.3 is 6.18 Å². The van der Waals surface area contributed by atoms with Crippen LogP contribution in [0.25, 0.3) is 22.2 Å². The molecule has 2 aromatic carbocycles. The Labute approximate surface area is 264 Å². The van der Waals surface area contributed by atoms with Crippen molar-refractivity contribution < 1.29 is 46.5 Å². The van der Waals surface area contributed by atoms with Crippen molar-refractivity contribution in [2.24, 2.45) is 11.5 Å². The van der Waals surface area contributed by atoms with Crippen molar-refractivity contribution in [1.29, 1.82) is 0 Å². The molecule has 1 unspecified atom stereocenters. The van der Waals surface area contributed by atoms with Crippen LogP contribution in [0.5, 0.6) is 11.5 Å². The molecule has 0 spiro atoms. The second-order valence-corrected chi connectivity index (χ2v) is 11.3. The number of nitrogens with one attached hydrogen (secondary N) is 1. The smallest absolute Gasteiger partial charge is 0.424 e. The maximum atomic E-state index is 14.8. The highest BCUT2D eigenvalue weighted by molar-refractivity contribution is 6.00. The van der Waals surface area contributed by atoms with Gasteiger partial charge in [0, 0.05) is 28.3 Å². The number of halogens is 4. The molecule has 0 aliphatic carbocycles. The Morgan fingerprint density at radius 2 is 1.81 bits per heavy atom. The molecule has 1 aliphatic heterocycles. The number of nitrogens with zero attached hydrogens (tertiary/aromatic N) is 2. The first-order valence-corrected chi connectivity index (χ1v) is 14.2. The summed E-state index contributed by atoms with van der Waals surface area (Å²) < 4.78 is 69.1. The maximum Gasteiger partial charge on any atom is 0.424 e. The van der Waals surface area contributed by atoms with Gasteiger partial charge in [0.25, 0.3) is 11.8 Å². The average molecular weight is 656 g/mol. The zero-order chi connectivity index (χ0) is 34.3. The minimum Gasteiger partial charge on any atom is -0.489 e. The van der Waals surface area contributed by atoms with Crippen LogP contribution in [0.2, 0.25) is 0 Å². The second kappa shape index (κ2) is 12.1. The van der Waals surface area contributed by atoms with Gasteiger partial charge in [0.05, 0.1) is 12.2 Å². The van der Waals surface area contributed by atoms with E-state index in [9.17, 15) is 37.1 Å². The molecule has 11 nitrogen and oxygen atoms in total. The zero-order valence-corrected chi connectivity index (χ0v) is 25.1. The largest absolute Gasteiger partial charge is 0.489 e. The topological polar surface area (TPSA) is 180 Å². The number of aryl methyl sites for hydroxylation is 1. The van der Waals surface area contributed by atoms with Crippen LogP contribution in [0.4, 0.5) is 17.6 Å². The van der Waals surface area contributed by atoms with Crippen LogP contribution in [0.1, 0.15) is 41.0 Å². The van der Waals surface area contributed by atoms with Crippen molar-refractivity contribution in [3.05, 3.63) is 82.9 Å². The second-order valence-electron chi connectivity index (χ2n) is 11.3. The summed E-state index contributed by atoms with van der Waals surface area (Å²) in [6.45, 7) is 0.939. The Balaban J connectivity index is 1.57. The van der Waals surface area contributed by atoms with E-state index in [4.69, 9.17) is 20.9 Å². The number of aromatic nitrogens is 2. The molecule has 246 valence electrons. The summed E-state index contributed by atoms with van der Waals surface area (Å²) in [6.07, 6.45) is -3.26. The molecule has 4 aromatic rings. The molecule has 0 radical (unpaired) electrons. The van der Waals surface area contributed by atoms with Crippen molar-refractivity contribution >= 4 is 28.6 Å². The van der Waals surface area contributed by atoms with Crippen molar-refractivity contribution in [2.45, 2.75) is 37.5 Å². The SMILES string of the molecule is CCc1cnc2c(OCC(N)=O)cc(C(=O)NCC(O)(c3cc4c(c(-c5ccc(F)cc5)n3)OC[C@]4(C)C(N)=O)C(F)(F)F)cc2c1. The van der Waals surface area contributed by atoms with E-state index in [1.165, 1.54) is 31.2 Å². The molecule has 2 aromatic heterocycles. The third-order valence-corrected chi connectivity index (χ3v) is 7.98. The van der Waals surface area contributed by atoms with E-state index >= 15 is 0 Å². The quantitative estimate of drug-likeness (QED) is 0.188. The van der Waals surface area contributed by atoms with Gasteiger partial charge in [-0.2, -0.15) is 13.2 Å². The molecule has 0 saturated heterocycles. The fourth-order valence-corrected chi connectivity index (χ4v) is 5.09. The third-order valence-electron chi connectivity index (χ3n) is 7.98. The van der Waals surface area contributed by atoms with E-state index < -0.39 is 59.6 Å². The summed E-state index contributed by atoms with van der Waals surface area (Å²) in [5.41, 5.74) is 5.16. The third kappa shape index (κ3) is 6.13. The monoisotopic (exact) mass is 655 g/mol. The highest BCUT2D eigenvalue weighted by Gasteiger charge is 2.57. The van der Waals surface area contributed by atoms with Gasteiger partial charge in [-0.05, 0) is 67.4 Å². The van der Waals surface area contributed by atoms with E-state index in [2.05, 4.69) is 15.3 Å². The van der Waals surface area contributed by atoms with E-state index in [1.807, 2.05) is 6.92 Å². The van der Waals surface area contributed by atoms with Gasteiger partial charge in [-0.25, -0.2) is 9.37 Å². The summed E-state index contributed by atoms with van der Waals surface area (Å²) in [7, 11) is 0. The molecule has 3 amide bonds. The van der Waals surface area contributed by atoms with Gasteiger partial charge in [0.15, 0.2) is 6.61 Å². The minimum atomic E-state index is -5.41. The predicted octanol–water partition coefficient (Wildman–Crippen LogP) is 3.18. The molecule has 0 bridgehead atoms. The fourth-order valence-electron chi connectivity index (χ4n) is 5.09. The number of carbonyl (C=O) groups is 3. The van der Waals surface area contributed by atoms with E-state index in [0.29, 0.717) is 11.8 Å². The molecular weight excluding hydrogens is 626 g/mol. The number of carbonyl (C=O) groups excluding carboxylic acids is 3. The van der Waals surface area contributed by atoms with Gasteiger partial charge in [0.2, 0.25) is 11.5 Å². The molecule has 2 atom stereocenters. The van der Waals surface area contributed by atoms with E-state index in [-0.39, 0.29) is 46.0 Å². The summed E-state index contributed by atoms with van der Waals surface area (Å²) in [5, 5.41) is 13.8. The van der Waals surface area contributed by atoms with Crippen molar-refractivity contribution in [3.8, 4) is 22.8 Å². The number of nitrogens with two attached hydrogens (primary N) is 2. The molecule has 5 rings (SSSR count). The molecule has 6 N–H and O–H groups in total. The zero-order valence-electron chi connectivity index (χ0n) is 25.1. The van der Waals surface area contributed by atoms with Crippen molar-refractivity contribution in [3.63, 3.8) is 0 Å². The lowest BCUT2D eigenvalue weighted by Gasteiger charge is -2.31. The first-order chi connectivity index (χ1) is 22.1. The van der Waals surface area contributed by atoms with E-state index in [1.54, 1.807) is 12.3 Å². The summed E-state index contributed by atoms with van der Waals surface area (Å²) in [4.78, 5) is 45.5. The number of benzene rings is 2. The Kier molecular flexibility index (Phi) is 8.53. The molecule has 3 heterocycles. The first kappa shape index (κ1) is 33.1. The Morgan fingerprint density at radius 3 is 2.43 bits per heavy atom. The van der Waals surface area contributed by atoms with Gasteiger partial charge in [-0.1, -0.05) is 6.92 Å². The number of rotatable bonds is 10. The van der Waals surface area contributed by atoms with Crippen LogP contribution in [0.15, 0.2) is 54.7 Å².